The Morgan fingerprint density at radius 1 is 1.27 bits per heavy atom. The number of nitrogens with zero attached hydrogens (tertiary/aromatic N) is 2. The van der Waals surface area contributed by atoms with Crippen LogP contribution in [-0.2, 0) is 19.9 Å². The van der Waals surface area contributed by atoms with Gasteiger partial charge in [-0.3, -0.25) is 9.59 Å². The van der Waals surface area contributed by atoms with E-state index in [-0.39, 0.29) is 42.3 Å². The minimum absolute atomic E-state index is 0.0324. The van der Waals surface area contributed by atoms with Gasteiger partial charge in [0.2, 0.25) is 5.91 Å². The number of aliphatic hydroxyl groups is 1. The monoisotopic (exact) mass is 582 g/mol. The molecule has 0 radical (unpaired) electrons. The summed E-state index contributed by atoms with van der Waals surface area (Å²) in [4.78, 5) is 31.6. The van der Waals surface area contributed by atoms with E-state index in [0.717, 1.165) is 29.8 Å². The molecule has 214 valence electrons. The second-order valence-corrected chi connectivity index (χ2v) is 16.9. The van der Waals surface area contributed by atoms with Crippen molar-refractivity contribution in [2.75, 3.05) is 31.7 Å². The molecule has 3 heterocycles. The molecular weight excluding hydrogens is 544 g/mol. The number of halogens is 1. The number of aliphatic hydroxyl groups excluding tert-OH is 1. The summed E-state index contributed by atoms with van der Waals surface area (Å²) in [7, 11) is -0.713. The summed E-state index contributed by atoms with van der Waals surface area (Å²) in [5, 5.41) is 11.6. The largest absolute Gasteiger partial charge is 0.497 e. The Hall–Kier alpha value is -2.65. The molecule has 7 nitrogen and oxygen atoms in total. The van der Waals surface area contributed by atoms with Gasteiger partial charge < -0.3 is 24.4 Å². The Morgan fingerprint density at radius 3 is 2.65 bits per heavy atom. The van der Waals surface area contributed by atoms with Crippen molar-refractivity contribution in [1.82, 2.24) is 4.90 Å². The maximum Gasteiger partial charge on any atom is 0.264 e. The number of anilines is 1. The molecule has 0 aliphatic carbocycles. The van der Waals surface area contributed by atoms with Crippen LogP contribution in [0.2, 0.25) is 23.7 Å². The fourth-order valence-corrected chi connectivity index (χ4v) is 11.6. The molecule has 1 N–H and O–H groups in total. The van der Waals surface area contributed by atoms with E-state index in [4.69, 9.17) is 21.1 Å². The van der Waals surface area contributed by atoms with E-state index in [2.05, 4.69) is 38.7 Å². The van der Waals surface area contributed by atoms with Crippen molar-refractivity contribution in [3.63, 3.8) is 0 Å². The topological polar surface area (TPSA) is 79.3 Å². The molecule has 3 aliphatic rings. The molecule has 5 rings (SSSR count). The smallest absolute Gasteiger partial charge is 0.264 e. The number of carbonyl (C=O) groups is 2. The average molecular weight is 583 g/mol. The minimum atomic E-state index is -2.36. The fraction of sp³-hybridized carbons (Fsp3) is 0.484. The van der Waals surface area contributed by atoms with Crippen LogP contribution in [0.25, 0.3) is 0 Å². The third kappa shape index (κ3) is 4.49. The van der Waals surface area contributed by atoms with Crippen molar-refractivity contribution < 1.29 is 24.2 Å². The molecule has 2 aromatic carbocycles. The summed E-state index contributed by atoms with van der Waals surface area (Å²) in [5.74, 6) is 0.396. The summed E-state index contributed by atoms with van der Waals surface area (Å²) in [5.41, 5.74) is 0.222. The molecular formula is C31H39ClN2O5Si. The van der Waals surface area contributed by atoms with Crippen LogP contribution in [0.15, 0.2) is 55.1 Å². The normalized spacial score (nSPS) is 27.9. The molecule has 9 heteroatoms. The van der Waals surface area contributed by atoms with Crippen LogP contribution >= 0.6 is 11.6 Å². The van der Waals surface area contributed by atoms with Crippen molar-refractivity contribution in [2.45, 2.75) is 62.6 Å². The molecule has 2 aromatic rings. The van der Waals surface area contributed by atoms with Gasteiger partial charge in [-0.15, -0.1) is 6.58 Å². The number of carbonyl (C=O) groups excluding carboxylic acids is 2. The number of rotatable bonds is 8. The van der Waals surface area contributed by atoms with Gasteiger partial charge in [0.15, 0.2) is 5.60 Å². The minimum Gasteiger partial charge on any atom is -0.497 e. The molecule has 2 fully saturated rings. The average Bonchev–Trinajstić information content (AvgIpc) is 3.60. The van der Waals surface area contributed by atoms with Crippen LogP contribution in [-0.4, -0.2) is 68.8 Å². The van der Waals surface area contributed by atoms with Crippen molar-refractivity contribution in [2.24, 2.45) is 5.92 Å². The number of fused-ring (bicyclic) bond motifs is 2. The van der Waals surface area contributed by atoms with Gasteiger partial charge in [0.1, 0.15) is 5.75 Å². The van der Waals surface area contributed by atoms with E-state index in [0.29, 0.717) is 18.1 Å². The Labute approximate surface area is 242 Å². The van der Waals surface area contributed by atoms with Crippen molar-refractivity contribution in [1.29, 1.82) is 0 Å². The Kier molecular flexibility index (Phi) is 7.91. The number of hydrogen-bond donors (Lipinski definition) is 1. The predicted octanol–water partition coefficient (Wildman–Crippen LogP) is 4.47. The highest BCUT2D eigenvalue weighted by atomic mass is 35.5. The van der Waals surface area contributed by atoms with Crippen LogP contribution in [0.3, 0.4) is 0 Å². The summed E-state index contributed by atoms with van der Waals surface area (Å²) < 4.78 is 12.4. The molecule has 2 amide bonds. The van der Waals surface area contributed by atoms with E-state index in [1.54, 1.807) is 29.1 Å². The summed E-state index contributed by atoms with van der Waals surface area (Å²) in [6.45, 7) is 11.5. The van der Waals surface area contributed by atoms with Gasteiger partial charge in [-0.05, 0) is 48.7 Å². The van der Waals surface area contributed by atoms with Crippen LogP contribution in [0, 0.1) is 5.92 Å². The maximum atomic E-state index is 14.4. The van der Waals surface area contributed by atoms with Gasteiger partial charge in [0.25, 0.3) is 5.91 Å². The highest BCUT2D eigenvalue weighted by molar-refractivity contribution is 6.91. The first kappa shape index (κ1) is 28.9. The third-order valence-electron chi connectivity index (χ3n) is 9.39. The number of benzene rings is 2. The summed E-state index contributed by atoms with van der Waals surface area (Å²) in [6, 6.07) is 13.5. The van der Waals surface area contributed by atoms with Gasteiger partial charge >= 0.3 is 0 Å². The van der Waals surface area contributed by atoms with Gasteiger partial charge in [-0.2, -0.15) is 0 Å². The second kappa shape index (κ2) is 11.0. The Morgan fingerprint density at radius 2 is 2.00 bits per heavy atom. The van der Waals surface area contributed by atoms with Crippen LogP contribution < -0.4 is 14.8 Å². The fourth-order valence-electron chi connectivity index (χ4n) is 7.44. The second-order valence-electron chi connectivity index (χ2n) is 11.8. The SMILES string of the molecule is C=CCN1C(=O)[C@@]2(O[C@@H](CC(=O)N3CCC[C@H]3CO)[C@H]([Si](C)(C)c3ccc(OC)cc3)[C@H]2C)c2cc(Cl)ccc21. The first-order valence-electron chi connectivity index (χ1n) is 14.1. The number of ether oxygens (including phenoxy) is 2. The van der Waals surface area contributed by atoms with E-state index < -0.39 is 19.8 Å². The summed E-state index contributed by atoms with van der Waals surface area (Å²) >= 11 is 6.50. The van der Waals surface area contributed by atoms with Gasteiger partial charge in [0.05, 0.1) is 46.0 Å². The van der Waals surface area contributed by atoms with Crippen molar-refractivity contribution in [3.8, 4) is 5.75 Å². The lowest BCUT2D eigenvalue weighted by Crippen LogP contribution is -2.52. The van der Waals surface area contributed by atoms with Crippen molar-refractivity contribution in [3.05, 3.63) is 65.7 Å². The van der Waals surface area contributed by atoms with Crippen LogP contribution in [0.5, 0.6) is 5.75 Å². The first-order valence-corrected chi connectivity index (χ1v) is 17.5. The number of hydrogen-bond acceptors (Lipinski definition) is 5. The molecule has 0 aromatic heterocycles. The maximum absolute atomic E-state index is 14.4. The standard InChI is InChI=1S/C31H39ClN2O5Si/c1-6-15-34-26-14-9-21(32)17-25(26)31(30(34)37)20(2)29(40(4,5)24-12-10-23(38-3)11-13-24)27(39-31)18-28(36)33-16-7-8-22(33)19-35/h6,9-14,17,20,22,27,29,35H,1,7-8,15-16,18-19H2,2-5H3/t20-,22+,27+,29-,31+/m1/s1. The lowest BCUT2D eigenvalue weighted by atomic mass is 9.82. The van der Waals surface area contributed by atoms with Gasteiger partial charge in [-0.1, -0.05) is 55.0 Å². The van der Waals surface area contributed by atoms with Crippen LogP contribution in [0.4, 0.5) is 5.69 Å². The quantitative estimate of drug-likeness (QED) is 0.367. The van der Waals surface area contributed by atoms with E-state index in [1.165, 1.54) is 5.19 Å². The van der Waals surface area contributed by atoms with Gasteiger partial charge in [0, 0.05) is 29.6 Å². The number of likely N-dealkylation sites (tertiary alicyclic amines) is 1. The first-order chi connectivity index (χ1) is 19.1. The lowest BCUT2D eigenvalue weighted by Gasteiger charge is -2.37. The highest BCUT2D eigenvalue weighted by Gasteiger charge is 2.66. The molecule has 0 bridgehead atoms. The zero-order valence-corrected chi connectivity index (χ0v) is 25.5. The van der Waals surface area contributed by atoms with Gasteiger partial charge in [-0.25, -0.2) is 0 Å². The molecule has 0 saturated carbocycles. The Bertz CT molecular complexity index is 1300. The Balaban J connectivity index is 1.61. The number of methoxy groups -OCH3 is 1. The molecule has 2 saturated heterocycles. The molecule has 0 unspecified atom stereocenters. The van der Waals surface area contributed by atoms with E-state index >= 15 is 0 Å². The molecule has 1 spiro atoms. The zero-order valence-electron chi connectivity index (χ0n) is 23.7. The van der Waals surface area contributed by atoms with E-state index in [9.17, 15) is 14.7 Å². The number of amides is 2. The van der Waals surface area contributed by atoms with E-state index in [1.807, 2.05) is 24.3 Å². The summed E-state index contributed by atoms with van der Waals surface area (Å²) in [6.07, 6.45) is 3.06. The zero-order chi connectivity index (χ0) is 28.8. The molecule has 3 aliphatic heterocycles. The van der Waals surface area contributed by atoms with Crippen molar-refractivity contribution >= 4 is 42.4 Å². The lowest BCUT2D eigenvalue weighted by molar-refractivity contribution is -0.149. The third-order valence-corrected chi connectivity index (χ3v) is 14.0. The molecule has 5 atom stereocenters. The van der Waals surface area contributed by atoms with Crippen LogP contribution in [0.1, 0.15) is 31.7 Å². The highest BCUT2D eigenvalue weighted by Crippen LogP contribution is 2.60. The predicted molar refractivity (Wildman–Crippen MR) is 160 cm³/mol. The molecule has 40 heavy (non-hydrogen) atoms.